The Labute approximate surface area is 256 Å². The summed E-state index contributed by atoms with van der Waals surface area (Å²) in [6, 6.07) is 6.43. The van der Waals surface area contributed by atoms with Gasteiger partial charge in [0.1, 0.15) is 9.88 Å². The van der Waals surface area contributed by atoms with Crippen LogP contribution in [0.25, 0.3) is 10.6 Å². The molecule has 3 N–H and O–H groups in total. The molecule has 0 bridgehead atoms. The van der Waals surface area contributed by atoms with Crippen molar-refractivity contribution in [3.05, 3.63) is 53.0 Å². The lowest BCUT2D eigenvalue weighted by Gasteiger charge is -2.32. The lowest BCUT2D eigenvalue weighted by atomic mass is 10.1. The van der Waals surface area contributed by atoms with Crippen molar-refractivity contribution in [2.75, 3.05) is 50.9 Å². The van der Waals surface area contributed by atoms with Gasteiger partial charge in [0.15, 0.2) is 17.3 Å². The quantitative estimate of drug-likeness (QED) is 0.302. The first-order chi connectivity index (χ1) is 21.8. The van der Waals surface area contributed by atoms with Gasteiger partial charge in [-0.15, -0.1) is 21.5 Å². The minimum absolute atomic E-state index is 0.0471. The second kappa shape index (κ2) is 12.4. The molecule has 3 amide bonds. The number of nitrogens with zero attached hydrogens (tertiary/aromatic N) is 5. The van der Waals surface area contributed by atoms with Gasteiger partial charge in [-0.3, -0.25) is 14.4 Å². The zero-order valence-electron chi connectivity index (χ0n) is 26.0. The molecule has 0 unspecified atom stereocenters. The largest absolute Gasteiger partial charge is 0.494 e. The Balaban J connectivity index is 1.40. The van der Waals surface area contributed by atoms with Crippen LogP contribution < -0.4 is 20.7 Å². The molecule has 0 radical (unpaired) electrons. The van der Waals surface area contributed by atoms with Crippen molar-refractivity contribution in [3.8, 4) is 16.3 Å². The highest BCUT2D eigenvalue weighted by molar-refractivity contribution is 7.92. The number of benzene rings is 1. The number of carbonyl (C=O) groups excluding carboxylic acids is 3. The summed E-state index contributed by atoms with van der Waals surface area (Å²) in [5, 5.41) is 16.7. The van der Waals surface area contributed by atoms with Crippen molar-refractivity contribution in [2.24, 2.45) is 5.92 Å². The summed E-state index contributed by atoms with van der Waals surface area (Å²) in [5.74, 6) is -1.32. The van der Waals surface area contributed by atoms with Gasteiger partial charge in [0, 0.05) is 54.7 Å². The normalized spacial score (nSPS) is 16.8. The molecule has 16 heteroatoms. The van der Waals surface area contributed by atoms with Crippen LogP contribution in [-0.4, -0.2) is 90.8 Å². The molecule has 1 aliphatic carbocycles. The third-order valence-electron chi connectivity index (χ3n) is 6.85. The fourth-order valence-corrected chi connectivity index (χ4v) is 6.21. The lowest BCUT2D eigenvalue weighted by Crippen LogP contribution is -2.49. The van der Waals surface area contributed by atoms with Gasteiger partial charge in [-0.1, -0.05) is 12.6 Å². The minimum Gasteiger partial charge on any atom is -0.494 e. The number of amides is 3. The smallest absolute Gasteiger partial charge is 0.273 e. The van der Waals surface area contributed by atoms with Crippen LogP contribution in [0.2, 0.25) is 0 Å². The molecular formula is C27H30N8O6S2. The lowest BCUT2D eigenvalue weighted by molar-refractivity contribution is -0.117. The van der Waals surface area contributed by atoms with Gasteiger partial charge in [0.25, 0.3) is 11.8 Å². The molecule has 1 aliphatic heterocycles. The molecule has 14 nitrogen and oxygen atoms in total. The maximum absolute atomic E-state index is 13.2. The fraction of sp³-hybridized carbons (Fsp3) is 0.333. The van der Waals surface area contributed by atoms with Crippen molar-refractivity contribution >= 4 is 56.3 Å². The van der Waals surface area contributed by atoms with E-state index in [0.717, 1.165) is 29.6 Å². The summed E-state index contributed by atoms with van der Waals surface area (Å²) < 4.78 is 53.3. The molecule has 0 atom stereocenters. The van der Waals surface area contributed by atoms with E-state index in [9.17, 15) is 22.8 Å². The summed E-state index contributed by atoms with van der Waals surface area (Å²) >= 11 is 1.12. The fourth-order valence-electron chi connectivity index (χ4n) is 4.42. The van der Waals surface area contributed by atoms with Crippen molar-refractivity contribution in [2.45, 2.75) is 12.8 Å². The molecule has 226 valence electrons. The summed E-state index contributed by atoms with van der Waals surface area (Å²) in [6.07, 6.45) is 2.95. The number of thiazole rings is 1. The molecule has 3 aromatic rings. The number of sulfonamides is 1. The van der Waals surface area contributed by atoms with Crippen molar-refractivity contribution in [1.29, 1.82) is 0 Å². The van der Waals surface area contributed by atoms with Gasteiger partial charge < -0.3 is 25.6 Å². The van der Waals surface area contributed by atoms with E-state index in [4.69, 9.17) is 8.85 Å². The van der Waals surface area contributed by atoms with Crippen molar-refractivity contribution < 1.29 is 31.7 Å². The zero-order valence-corrected chi connectivity index (χ0v) is 24.6. The molecule has 2 aromatic heterocycles. The van der Waals surface area contributed by atoms with E-state index in [0.29, 0.717) is 26.9 Å². The molecule has 2 fully saturated rings. The van der Waals surface area contributed by atoms with Crippen LogP contribution in [-0.2, 0) is 14.8 Å². The number of hydrogen-bond acceptors (Lipinski definition) is 11. The number of nitrogens with one attached hydrogen (secondary N) is 3. The number of methoxy groups -OCH3 is 1. The molecule has 43 heavy (non-hydrogen) atoms. The number of aromatic nitrogens is 3. The highest BCUT2D eigenvalue weighted by atomic mass is 32.2. The van der Waals surface area contributed by atoms with Crippen LogP contribution in [0, 0.1) is 5.92 Å². The summed E-state index contributed by atoms with van der Waals surface area (Å²) in [6.45, 7) is 1.27. The Kier molecular flexibility index (Phi) is 7.59. The number of para-hydroxylation sites is 1. The number of piperazine rings is 1. The molecule has 5 rings (SSSR count). The Morgan fingerprint density at radius 2 is 1.93 bits per heavy atom. The molecule has 2 aliphatic rings. The molecule has 0 spiro atoms. The van der Waals surface area contributed by atoms with Gasteiger partial charge >= 0.3 is 0 Å². The summed E-state index contributed by atoms with van der Waals surface area (Å²) in [5.41, 5.74) is 0.566. The minimum atomic E-state index is -3.57. The third-order valence-corrected chi connectivity index (χ3v) is 9.38. The molecule has 1 saturated heterocycles. The van der Waals surface area contributed by atoms with Crippen molar-refractivity contribution in [3.63, 3.8) is 0 Å². The number of ether oxygens (including phenoxy) is 1. The van der Waals surface area contributed by atoms with E-state index in [1.165, 1.54) is 23.7 Å². The SMILES string of the molecule is [2H]C([2H])([2H])NC(=O)c1nnc(NC(=O)C2CC2)cc1Nc1cccc(-c2ncc(C(=O)N3CCN(S(=O)(=O)C=C)CC3)s2)c1OC. The van der Waals surface area contributed by atoms with Gasteiger partial charge in [-0.2, -0.15) is 4.31 Å². The number of rotatable bonds is 10. The number of carbonyl (C=O) groups is 3. The highest BCUT2D eigenvalue weighted by Crippen LogP contribution is 2.40. The Morgan fingerprint density at radius 3 is 2.60 bits per heavy atom. The predicted molar refractivity (Wildman–Crippen MR) is 161 cm³/mol. The van der Waals surface area contributed by atoms with Crippen LogP contribution in [0.5, 0.6) is 5.75 Å². The Bertz CT molecular complexity index is 1790. The first kappa shape index (κ1) is 26.2. The topological polar surface area (TPSA) is 176 Å². The number of hydrogen-bond donors (Lipinski definition) is 3. The van der Waals surface area contributed by atoms with Crippen LogP contribution in [0.4, 0.5) is 17.2 Å². The molecule has 3 heterocycles. The zero-order chi connectivity index (χ0) is 33.2. The van der Waals surface area contributed by atoms with E-state index in [1.807, 2.05) is 5.32 Å². The highest BCUT2D eigenvalue weighted by Gasteiger charge is 2.31. The number of anilines is 3. The summed E-state index contributed by atoms with van der Waals surface area (Å²) in [4.78, 5) is 44.7. The van der Waals surface area contributed by atoms with E-state index in [-0.39, 0.29) is 61.1 Å². The van der Waals surface area contributed by atoms with E-state index in [1.54, 1.807) is 23.1 Å². The second-order valence-corrected chi connectivity index (χ2v) is 12.6. The molecular weight excluding hydrogens is 596 g/mol. The average Bonchev–Trinajstić information content (AvgIpc) is 3.76. The maximum atomic E-state index is 13.2. The predicted octanol–water partition coefficient (Wildman–Crippen LogP) is 2.29. The van der Waals surface area contributed by atoms with E-state index >= 15 is 0 Å². The first-order valence-corrected chi connectivity index (χ1v) is 15.4. The van der Waals surface area contributed by atoms with Crippen LogP contribution in [0.15, 0.2) is 42.4 Å². The Hall–Kier alpha value is -4.41. The first-order valence-electron chi connectivity index (χ1n) is 14.6. The second-order valence-electron chi connectivity index (χ2n) is 9.65. The third kappa shape index (κ3) is 6.50. The van der Waals surface area contributed by atoms with Crippen LogP contribution >= 0.6 is 11.3 Å². The monoisotopic (exact) mass is 629 g/mol. The molecule has 1 saturated carbocycles. The average molecular weight is 630 g/mol. The van der Waals surface area contributed by atoms with Gasteiger partial charge in [0.05, 0.1) is 30.2 Å². The van der Waals surface area contributed by atoms with Gasteiger partial charge in [-0.05, 0) is 25.0 Å². The van der Waals surface area contributed by atoms with Crippen molar-refractivity contribution in [1.82, 2.24) is 29.7 Å². The summed E-state index contributed by atoms with van der Waals surface area (Å²) in [7, 11) is -2.14. The van der Waals surface area contributed by atoms with Gasteiger partial charge in [0.2, 0.25) is 15.9 Å². The Morgan fingerprint density at radius 1 is 1.16 bits per heavy atom. The standard InChI is InChI=1S/C27H30N8O6S2/c1-4-43(39,40)35-12-10-34(11-13-35)27(38)20-15-29-26(42-20)17-6-5-7-18(23(17)41-3)30-19-14-21(31-24(36)16-8-9-16)32-33-22(19)25(37)28-2/h4-7,14-16H,1,8-13H2,2-3H3,(H,28,37)(H2,30,31,32,36)/i2D3. The maximum Gasteiger partial charge on any atom is 0.273 e. The van der Waals surface area contributed by atoms with Gasteiger partial charge in [-0.25, -0.2) is 13.4 Å². The van der Waals surface area contributed by atoms with Crippen LogP contribution in [0.3, 0.4) is 0 Å². The van der Waals surface area contributed by atoms with Crippen LogP contribution in [0.1, 0.15) is 37.1 Å². The molecule has 1 aromatic carbocycles. The van der Waals surface area contributed by atoms with E-state index in [2.05, 4.69) is 32.4 Å². The van der Waals surface area contributed by atoms with E-state index < -0.39 is 22.9 Å².